The van der Waals surface area contributed by atoms with Crippen LogP contribution in [0.2, 0.25) is 5.02 Å². The van der Waals surface area contributed by atoms with Gasteiger partial charge in [0.05, 0.1) is 18.4 Å². The minimum Gasteiger partial charge on any atom is -0.322 e. The minimum absolute atomic E-state index is 0.189. The number of nitrogens with one attached hydrogen (secondary N) is 1. The van der Waals surface area contributed by atoms with Gasteiger partial charge < -0.3 is 5.32 Å². The fourth-order valence-corrected chi connectivity index (χ4v) is 2.71. The molecule has 0 saturated heterocycles. The molecule has 3 aromatic rings. The first kappa shape index (κ1) is 17.2. The highest BCUT2D eigenvalue weighted by atomic mass is 35.5. The second-order valence-electron chi connectivity index (χ2n) is 5.74. The summed E-state index contributed by atoms with van der Waals surface area (Å²) in [5.41, 5.74) is 2.22. The molecule has 2 aromatic heterocycles. The third-order valence-electron chi connectivity index (χ3n) is 3.86. The number of nitrogens with zero attached hydrogens (tertiary/aromatic N) is 4. The number of carbonyl (C=O) groups excluding carboxylic acids is 1. The van der Waals surface area contributed by atoms with Gasteiger partial charge in [-0.25, -0.2) is 4.39 Å². The van der Waals surface area contributed by atoms with E-state index in [-0.39, 0.29) is 11.7 Å². The van der Waals surface area contributed by atoms with Crippen LogP contribution in [0.1, 0.15) is 24.2 Å². The first-order valence-corrected chi connectivity index (χ1v) is 8.09. The Labute approximate surface area is 149 Å². The average Bonchev–Trinajstić information content (AvgIpc) is 3.18. The number of halogens is 2. The van der Waals surface area contributed by atoms with E-state index in [0.29, 0.717) is 17.3 Å². The molecule has 0 bridgehead atoms. The van der Waals surface area contributed by atoms with Gasteiger partial charge in [0.25, 0.3) is 0 Å². The molecular formula is C17H17ClFN5O. The second kappa shape index (κ2) is 7.06. The highest BCUT2D eigenvalue weighted by Gasteiger charge is 2.17. The van der Waals surface area contributed by atoms with Crippen LogP contribution in [0, 0.1) is 12.7 Å². The van der Waals surface area contributed by atoms with Gasteiger partial charge in [-0.15, -0.1) is 0 Å². The first-order valence-electron chi connectivity index (χ1n) is 7.71. The van der Waals surface area contributed by atoms with Gasteiger partial charge in [0.2, 0.25) is 5.91 Å². The van der Waals surface area contributed by atoms with Crippen molar-refractivity contribution in [1.29, 1.82) is 0 Å². The maximum Gasteiger partial charge on any atom is 0.249 e. The van der Waals surface area contributed by atoms with Gasteiger partial charge in [-0.3, -0.25) is 14.2 Å². The summed E-state index contributed by atoms with van der Waals surface area (Å²) in [6.45, 7) is 4.04. The lowest BCUT2D eigenvalue weighted by Gasteiger charge is -2.13. The van der Waals surface area contributed by atoms with Crippen LogP contribution in [-0.4, -0.2) is 25.5 Å². The van der Waals surface area contributed by atoms with Crippen LogP contribution in [0.4, 0.5) is 10.1 Å². The lowest BCUT2D eigenvalue weighted by Crippen LogP contribution is -2.25. The molecule has 2 heterocycles. The SMILES string of the molecule is Cc1ccnn1C(C)C(=O)Nc1cnn(Cc2ccc(F)cc2Cl)c1. The van der Waals surface area contributed by atoms with Gasteiger partial charge in [0.1, 0.15) is 11.9 Å². The summed E-state index contributed by atoms with van der Waals surface area (Å²) >= 11 is 6.02. The molecule has 25 heavy (non-hydrogen) atoms. The number of anilines is 1. The quantitative estimate of drug-likeness (QED) is 0.757. The van der Waals surface area contributed by atoms with Crippen molar-refractivity contribution in [2.45, 2.75) is 26.4 Å². The zero-order valence-electron chi connectivity index (χ0n) is 13.8. The van der Waals surface area contributed by atoms with Crippen molar-refractivity contribution < 1.29 is 9.18 Å². The number of aromatic nitrogens is 4. The van der Waals surface area contributed by atoms with Crippen LogP contribution in [0.25, 0.3) is 0 Å². The molecule has 0 radical (unpaired) electrons. The summed E-state index contributed by atoms with van der Waals surface area (Å²) in [5.74, 6) is -0.573. The molecule has 1 unspecified atom stereocenters. The fourth-order valence-electron chi connectivity index (χ4n) is 2.48. The zero-order valence-corrected chi connectivity index (χ0v) is 14.5. The largest absolute Gasteiger partial charge is 0.322 e. The van der Waals surface area contributed by atoms with E-state index in [4.69, 9.17) is 11.6 Å². The molecule has 0 spiro atoms. The first-order chi connectivity index (χ1) is 11.9. The monoisotopic (exact) mass is 361 g/mol. The molecular weight excluding hydrogens is 345 g/mol. The summed E-state index contributed by atoms with van der Waals surface area (Å²) < 4.78 is 16.4. The van der Waals surface area contributed by atoms with Crippen LogP contribution in [0.3, 0.4) is 0 Å². The Morgan fingerprint density at radius 1 is 1.36 bits per heavy atom. The fraction of sp³-hybridized carbons (Fsp3) is 0.235. The van der Waals surface area contributed by atoms with E-state index >= 15 is 0 Å². The number of hydrogen-bond donors (Lipinski definition) is 1. The Bertz CT molecular complexity index is 904. The number of benzene rings is 1. The molecule has 0 aliphatic rings. The van der Waals surface area contributed by atoms with E-state index in [1.807, 2.05) is 13.0 Å². The van der Waals surface area contributed by atoms with Crippen molar-refractivity contribution in [3.8, 4) is 0 Å². The molecule has 0 aliphatic carbocycles. The number of carbonyl (C=O) groups is 1. The highest BCUT2D eigenvalue weighted by molar-refractivity contribution is 6.31. The second-order valence-corrected chi connectivity index (χ2v) is 6.15. The average molecular weight is 362 g/mol. The maximum absolute atomic E-state index is 13.1. The molecule has 130 valence electrons. The summed E-state index contributed by atoms with van der Waals surface area (Å²) in [4.78, 5) is 12.4. The van der Waals surface area contributed by atoms with Crippen molar-refractivity contribution >= 4 is 23.2 Å². The molecule has 0 fully saturated rings. The van der Waals surface area contributed by atoms with Gasteiger partial charge in [-0.05, 0) is 37.6 Å². The normalized spacial score (nSPS) is 12.2. The van der Waals surface area contributed by atoms with Gasteiger partial charge in [-0.1, -0.05) is 17.7 Å². The Kier molecular flexibility index (Phi) is 4.85. The Morgan fingerprint density at radius 3 is 2.84 bits per heavy atom. The minimum atomic E-state index is -0.440. The summed E-state index contributed by atoms with van der Waals surface area (Å²) in [6, 6.07) is 5.62. The Morgan fingerprint density at radius 2 is 2.16 bits per heavy atom. The summed E-state index contributed by atoms with van der Waals surface area (Å²) in [7, 11) is 0. The van der Waals surface area contributed by atoms with Crippen LogP contribution in [-0.2, 0) is 11.3 Å². The molecule has 0 saturated carbocycles. The zero-order chi connectivity index (χ0) is 18.0. The predicted octanol–water partition coefficient (Wildman–Crippen LogP) is 3.43. The van der Waals surface area contributed by atoms with E-state index in [1.165, 1.54) is 12.1 Å². The summed E-state index contributed by atoms with van der Waals surface area (Å²) in [5, 5.41) is 11.5. The van der Waals surface area contributed by atoms with E-state index in [2.05, 4.69) is 15.5 Å². The van der Waals surface area contributed by atoms with Gasteiger partial charge >= 0.3 is 0 Å². The number of rotatable bonds is 5. The number of aryl methyl sites for hydroxylation is 1. The molecule has 1 amide bonds. The van der Waals surface area contributed by atoms with Gasteiger partial charge in [0, 0.05) is 23.1 Å². The maximum atomic E-state index is 13.1. The van der Waals surface area contributed by atoms with E-state index in [0.717, 1.165) is 11.3 Å². The lowest BCUT2D eigenvalue weighted by atomic mass is 10.2. The third-order valence-corrected chi connectivity index (χ3v) is 4.21. The van der Waals surface area contributed by atoms with Crippen molar-refractivity contribution in [2.75, 3.05) is 5.32 Å². The van der Waals surface area contributed by atoms with Crippen LogP contribution in [0.5, 0.6) is 0 Å². The topological polar surface area (TPSA) is 64.7 Å². The van der Waals surface area contributed by atoms with Crippen molar-refractivity contribution in [3.63, 3.8) is 0 Å². The standard InChI is InChI=1S/C17H17ClFN5O/c1-11-5-6-20-24(11)12(2)17(25)22-15-8-21-23(10-15)9-13-3-4-14(19)7-16(13)18/h3-8,10,12H,9H2,1-2H3,(H,22,25). The van der Waals surface area contributed by atoms with Crippen molar-refractivity contribution in [2.24, 2.45) is 0 Å². The van der Waals surface area contributed by atoms with E-state index < -0.39 is 6.04 Å². The van der Waals surface area contributed by atoms with E-state index in [1.54, 1.807) is 40.9 Å². The van der Waals surface area contributed by atoms with Crippen LogP contribution in [0.15, 0.2) is 42.9 Å². The van der Waals surface area contributed by atoms with Gasteiger partial charge in [-0.2, -0.15) is 10.2 Å². The summed E-state index contributed by atoms with van der Waals surface area (Å²) in [6.07, 6.45) is 4.90. The van der Waals surface area contributed by atoms with Crippen molar-refractivity contribution in [1.82, 2.24) is 19.6 Å². The molecule has 1 aromatic carbocycles. The Hall–Kier alpha value is -2.67. The van der Waals surface area contributed by atoms with Crippen LogP contribution < -0.4 is 5.32 Å². The number of amides is 1. The highest BCUT2D eigenvalue weighted by Crippen LogP contribution is 2.19. The predicted molar refractivity (Wildman–Crippen MR) is 93.0 cm³/mol. The molecule has 1 atom stereocenters. The number of hydrogen-bond acceptors (Lipinski definition) is 3. The molecule has 3 rings (SSSR count). The Balaban J connectivity index is 1.67. The lowest BCUT2D eigenvalue weighted by molar-refractivity contribution is -0.119. The molecule has 8 heteroatoms. The smallest absolute Gasteiger partial charge is 0.249 e. The third kappa shape index (κ3) is 3.88. The van der Waals surface area contributed by atoms with Crippen molar-refractivity contribution in [3.05, 3.63) is 65.0 Å². The van der Waals surface area contributed by atoms with Gasteiger partial charge in [0.15, 0.2) is 0 Å². The van der Waals surface area contributed by atoms with E-state index in [9.17, 15) is 9.18 Å². The molecule has 6 nitrogen and oxygen atoms in total. The van der Waals surface area contributed by atoms with Crippen LogP contribution >= 0.6 is 11.6 Å². The molecule has 0 aliphatic heterocycles. The molecule has 1 N–H and O–H groups in total.